The van der Waals surface area contributed by atoms with Crippen molar-refractivity contribution in [2.45, 2.75) is 38.9 Å². The number of piperidine rings is 1. The first-order valence-electron chi connectivity index (χ1n) is 9.74. The summed E-state index contributed by atoms with van der Waals surface area (Å²) in [6, 6.07) is 10.6. The Hall–Kier alpha value is -2.67. The maximum absolute atomic E-state index is 12.4. The molecule has 2 unspecified atom stereocenters. The van der Waals surface area contributed by atoms with Crippen molar-refractivity contribution in [3.05, 3.63) is 47.4 Å². The van der Waals surface area contributed by atoms with Crippen LogP contribution >= 0.6 is 0 Å². The highest BCUT2D eigenvalue weighted by Crippen LogP contribution is 2.33. The summed E-state index contributed by atoms with van der Waals surface area (Å²) in [5, 5.41) is 3.03. The van der Waals surface area contributed by atoms with E-state index in [4.69, 9.17) is 4.74 Å². The second kappa shape index (κ2) is 7.75. The third-order valence-corrected chi connectivity index (χ3v) is 5.57. The van der Waals surface area contributed by atoms with Crippen LogP contribution in [0.15, 0.2) is 30.3 Å². The van der Waals surface area contributed by atoms with Gasteiger partial charge < -0.3 is 15.0 Å². The molecule has 0 radical (unpaired) electrons. The van der Waals surface area contributed by atoms with Crippen LogP contribution in [0.3, 0.4) is 0 Å². The number of piperazine rings is 1. The topological polar surface area (TPSA) is 70.6 Å². The number of benzene rings is 1. The molecular weight excluding hydrogens is 354 g/mol. The SMILES string of the molecule is COc1cccc(CNC(=O)CN2C3CC2CN(c2cc(C)nc(C)n2)C3)c1. The van der Waals surface area contributed by atoms with E-state index in [9.17, 15) is 4.79 Å². The van der Waals surface area contributed by atoms with Gasteiger partial charge in [0.25, 0.3) is 0 Å². The summed E-state index contributed by atoms with van der Waals surface area (Å²) in [5.41, 5.74) is 2.03. The second-order valence-corrected chi connectivity index (χ2v) is 7.66. The van der Waals surface area contributed by atoms with Crippen molar-refractivity contribution in [1.29, 1.82) is 0 Å². The Morgan fingerprint density at radius 1 is 1.21 bits per heavy atom. The van der Waals surface area contributed by atoms with Crippen molar-refractivity contribution in [3.63, 3.8) is 0 Å². The normalized spacial score (nSPS) is 21.2. The molecule has 0 spiro atoms. The average Bonchev–Trinajstić information content (AvgIpc) is 2.70. The first-order chi connectivity index (χ1) is 13.5. The lowest BCUT2D eigenvalue weighted by molar-refractivity contribution is -0.127. The van der Waals surface area contributed by atoms with E-state index in [1.54, 1.807) is 7.11 Å². The van der Waals surface area contributed by atoms with E-state index in [0.717, 1.165) is 48.2 Å². The van der Waals surface area contributed by atoms with Gasteiger partial charge in [-0.3, -0.25) is 9.69 Å². The van der Waals surface area contributed by atoms with Crippen molar-refractivity contribution in [3.8, 4) is 5.75 Å². The van der Waals surface area contributed by atoms with E-state index in [1.807, 2.05) is 44.2 Å². The van der Waals surface area contributed by atoms with E-state index in [1.165, 1.54) is 0 Å². The van der Waals surface area contributed by atoms with Gasteiger partial charge in [-0.1, -0.05) is 12.1 Å². The number of fused-ring (bicyclic) bond motifs is 2. The maximum atomic E-state index is 12.4. The molecule has 1 amide bonds. The zero-order valence-electron chi connectivity index (χ0n) is 16.7. The molecule has 3 aliphatic rings. The van der Waals surface area contributed by atoms with Gasteiger partial charge in [0.15, 0.2) is 0 Å². The van der Waals surface area contributed by atoms with Gasteiger partial charge >= 0.3 is 0 Å². The van der Waals surface area contributed by atoms with Gasteiger partial charge in [-0.05, 0) is 38.0 Å². The summed E-state index contributed by atoms with van der Waals surface area (Å²) in [4.78, 5) is 26.0. The fraction of sp³-hybridized carbons (Fsp3) is 0.476. The number of anilines is 1. The third kappa shape index (κ3) is 3.94. The molecule has 2 bridgehead atoms. The fourth-order valence-corrected chi connectivity index (χ4v) is 4.20. The molecule has 0 saturated carbocycles. The van der Waals surface area contributed by atoms with E-state index in [0.29, 0.717) is 25.2 Å². The number of methoxy groups -OCH3 is 1. The number of aryl methyl sites for hydroxylation is 2. The number of carbonyl (C=O) groups is 1. The summed E-state index contributed by atoms with van der Waals surface area (Å²) < 4.78 is 5.23. The zero-order valence-corrected chi connectivity index (χ0v) is 16.7. The number of carbonyl (C=O) groups excluding carboxylic acids is 1. The highest BCUT2D eigenvalue weighted by molar-refractivity contribution is 5.78. The minimum absolute atomic E-state index is 0.0692. The monoisotopic (exact) mass is 381 g/mol. The van der Waals surface area contributed by atoms with E-state index in [-0.39, 0.29) is 5.91 Å². The molecule has 3 fully saturated rings. The van der Waals surface area contributed by atoms with Crippen LogP contribution in [0.4, 0.5) is 5.82 Å². The van der Waals surface area contributed by atoms with Crippen LogP contribution in [0.25, 0.3) is 0 Å². The molecule has 28 heavy (non-hydrogen) atoms. The Bertz CT molecular complexity index is 839. The minimum Gasteiger partial charge on any atom is -0.497 e. The molecule has 7 heteroatoms. The summed E-state index contributed by atoms with van der Waals surface area (Å²) in [6.45, 7) is 6.73. The lowest BCUT2D eigenvalue weighted by Gasteiger charge is -2.56. The lowest BCUT2D eigenvalue weighted by atomic mass is 9.87. The van der Waals surface area contributed by atoms with Crippen molar-refractivity contribution < 1.29 is 9.53 Å². The van der Waals surface area contributed by atoms with Gasteiger partial charge in [0.05, 0.1) is 13.7 Å². The molecular formula is C21H27N5O2. The first kappa shape index (κ1) is 18.7. The first-order valence-corrected chi connectivity index (χ1v) is 9.74. The van der Waals surface area contributed by atoms with Crippen LogP contribution < -0.4 is 15.0 Å². The van der Waals surface area contributed by atoms with Crippen LogP contribution in [-0.4, -0.2) is 59.6 Å². The molecule has 0 aliphatic carbocycles. The molecule has 3 saturated heterocycles. The van der Waals surface area contributed by atoms with Crippen LogP contribution in [0.5, 0.6) is 5.75 Å². The number of rotatable bonds is 6. The predicted octanol–water partition coefficient (Wildman–Crippen LogP) is 1.68. The number of amides is 1. The van der Waals surface area contributed by atoms with Crippen molar-refractivity contribution >= 4 is 11.7 Å². The highest BCUT2D eigenvalue weighted by Gasteiger charge is 2.45. The van der Waals surface area contributed by atoms with Crippen molar-refractivity contribution in [1.82, 2.24) is 20.2 Å². The summed E-state index contributed by atoms with van der Waals surface area (Å²) >= 11 is 0. The number of hydrogen-bond donors (Lipinski definition) is 1. The molecule has 3 aliphatic heterocycles. The summed E-state index contributed by atoms with van der Waals surface area (Å²) in [6.07, 6.45) is 1.16. The maximum Gasteiger partial charge on any atom is 0.234 e. The number of nitrogens with one attached hydrogen (secondary N) is 1. The number of ether oxygens (including phenoxy) is 1. The van der Waals surface area contributed by atoms with Gasteiger partial charge in [-0.15, -0.1) is 0 Å². The molecule has 4 heterocycles. The van der Waals surface area contributed by atoms with Crippen LogP contribution in [0.1, 0.15) is 23.5 Å². The highest BCUT2D eigenvalue weighted by atomic mass is 16.5. The third-order valence-electron chi connectivity index (χ3n) is 5.57. The molecule has 1 aromatic heterocycles. The molecule has 5 rings (SSSR count). The Kier molecular flexibility index (Phi) is 5.17. The predicted molar refractivity (Wildman–Crippen MR) is 107 cm³/mol. The summed E-state index contributed by atoms with van der Waals surface area (Å²) in [7, 11) is 1.65. The van der Waals surface area contributed by atoms with Gasteiger partial charge in [-0.25, -0.2) is 9.97 Å². The fourth-order valence-electron chi connectivity index (χ4n) is 4.20. The number of nitrogens with zero attached hydrogens (tertiary/aromatic N) is 4. The van der Waals surface area contributed by atoms with E-state index in [2.05, 4.69) is 25.1 Å². The smallest absolute Gasteiger partial charge is 0.234 e. The molecule has 1 N–H and O–H groups in total. The lowest BCUT2D eigenvalue weighted by Crippen LogP contribution is -2.70. The number of hydrogen-bond acceptors (Lipinski definition) is 6. The quantitative estimate of drug-likeness (QED) is 0.821. The Labute approximate surface area is 165 Å². The van der Waals surface area contributed by atoms with Crippen LogP contribution in [0.2, 0.25) is 0 Å². The Morgan fingerprint density at radius 3 is 2.71 bits per heavy atom. The minimum atomic E-state index is 0.0692. The molecule has 148 valence electrons. The van der Waals surface area contributed by atoms with Gasteiger partial charge in [0.2, 0.25) is 5.91 Å². The second-order valence-electron chi connectivity index (χ2n) is 7.66. The Balaban J connectivity index is 1.29. The standard InChI is InChI=1S/C21H27N5O2/c1-14-7-20(24-15(2)23-14)25-11-17-9-18(12-25)26(17)13-21(27)22-10-16-5-4-6-19(8-16)28-3/h4-8,17-18H,9-13H2,1-3H3,(H,22,27). The molecule has 7 nitrogen and oxygen atoms in total. The zero-order chi connectivity index (χ0) is 19.7. The largest absolute Gasteiger partial charge is 0.497 e. The Morgan fingerprint density at radius 2 is 2.00 bits per heavy atom. The van der Waals surface area contributed by atoms with Crippen molar-refractivity contribution in [2.24, 2.45) is 0 Å². The van der Waals surface area contributed by atoms with E-state index < -0.39 is 0 Å². The van der Waals surface area contributed by atoms with Gasteiger partial charge in [0, 0.05) is 43.5 Å². The van der Waals surface area contributed by atoms with Gasteiger partial charge in [-0.2, -0.15) is 0 Å². The summed E-state index contributed by atoms with van der Waals surface area (Å²) in [5.74, 6) is 2.68. The van der Waals surface area contributed by atoms with Crippen LogP contribution in [-0.2, 0) is 11.3 Å². The van der Waals surface area contributed by atoms with Crippen molar-refractivity contribution in [2.75, 3.05) is 31.6 Å². The molecule has 1 aromatic carbocycles. The van der Waals surface area contributed by atoms with Gasteiger partial charge in [0.1, 0.15) is 17.4 Å². The average molecular weight is 381 g/mol. The molecule has 2 atom stereocenters. The molecule has 2 aromatic rings. The van der Waals surface area contributed by atoms with Crippen LogP contribution in [0, 0.1) is 13.8 Å². The van der Waals surface area contributed by atoms with E-state index >= 15 is 0 Å². The number of aromatic nitrogens is 2.